The predicted molar refractivity (Wildman–Crippen MR) is 133 cm³/mol. The van der Waals surface area contributed by atoms with E-state index in [0.717, 1.165) is 11.1 Å². The second-order valence-electron chi connectivity index (χ2n) is 7.52. The summed E-state index contributed by atoms with van der Waals surface area (Å²) in [5.41, 5.74) is 2.95. The smallest absolute Gasteiger partial charge is 0.269 e. The van der Waals surface area contributed by atoms with Crippen molar-refractivity contribution in [2.24, 2.45) is 0 Å². The van der Waals surface area contributed by atoms with Crippen LogP contribution in [0.25, 0.3) is 0 Å². The summed E-state index contributed by atoms with van der Waals surface area (Å²) in [6.45, 7) is 1.92. The summed E-state index contributed by atoms with van der Waals surface area (Å²) in [7, 11) is 0. The molecule has 3 aromatic rings. The highest BCUT2D eigenvalue weighted by atomic mass is 35.5. The van der Waals surface area contributed by atoms with Crippen molar-refractivity contribution in [1.82, 2.24) is 0 Å². The SMILES string of the molecule is Cc1ccc(C[C@H]2S/C(=C(/C#N)C(=O)Nc3ccccc3)N(c3ccccc3)C2=O)cc1Cl. The van der Waals surface area contributed by atoms with Crippen molar-refractivity contribution in [2.45, 2.75) is 18.6 Å². The lowest BCUT2D eigenvalue weighted by molar-refractivity contribution is -0.117. The summed E-state index contributed by atoms with van der Waals surface area (Å²) >= 11 is 7.50. The highest BCUT2D eigenvalue weighted by Crippen LogP contribution is 2.42. The Labute approximate surface area is 201 Å². The van der Waals surface area contributed by atoms with Crippen LogP contribution in [0, 0.1) is 18.3 Å². The Morgan fingerprint density at radius 3 is 2.39 bits per heavy atom. The number of hydrogen-bond acceptors (Lipinski definition) is 4. The van der Waals surface area contributed by atoms with Gasteiger partial charge in [0.2, 0.25) is 5.91 Å². The Kier molecular flexibility index (Phi) is 6.83. The lowest BCUT2D eigenvalue weighted by Crippen LogP contribution is -2.30. The molecule has 0 saturated carbocycles. The topological polar surface area (TPSA) is 73.2 Å². The Hall–Kier alpha value is -3.53. The van der Waals surface area contributed by atoms with Gasteiger partial charge in [-0.15, -0.1) is 0 Å². The van der Waals surface area contributed by atoms with Crippen molar-refractivity contribution in [3.05, 3.63) is 106 Å². The zero-order chi connectivity index (χ0) is 23.4. The molecule has 0 unspecified atom stereocenters. The number of halogens is 1. The summed E-state index contributed by atoms with van der Waals surface area (Å²) in [6, 6.07) is 25.7. The van der Waals surface area contributed by atoms with Gasteiger partial charge in [-0.3, -0.25) is 14.5 Å². The third-order valence-electron chi connectivity index (χ3n) is 5.21. The van der Waals surface area contributed by atoms with Crippen molar-refractivity contribution < 1.29 is 9.59 Å². The monoisotopic (exact) mass is 473 g/mol. The third-order valence-corrected chi connectivity index (χ3v) is 6.88. The number of benzene rings is 3. The normalized spacial score (nSPS) is 16.9. The van der Waals surface area contributed by atoms with Gasteiger partial charge in [0.1, 0.15) is 16.7 Å². The molecular weight excluding hydrogens is 454 g/mol. The molecule has 1 heterocycles. The number of nitrogens with one attached hydrogen (secondary N) is 1. The van der Waals surface area contributed by atoms with Gasteiger partial charge in [0, 0.05) is 16.4 Å². The molecule has 33 heavy (non-hydrogen) atoms. The van der Waals surface area contributed by atoms with E-state index in [0.29, 0.717) is 27.8 Å². The third kappa shape index (κ3) is 4.95. The number of hydrogen-bond donors (Lipinski definition) is 1. The number of amides is 2. The van der Waals surface area contributed by atoms with Gasteiger partial charge < -0.3 is 5.32 Å². The summed E-state index contributed by atoms with van der Waals surface area (Å²) in [5.74, 6) is -0.739. The van der Waals surface area contributed by atoms with E-state index in [1.807, 2.05) is 55.5 Å². The van der Waals surface area contributed by atoms with Crippen LogP contribution < -0.4 is 10.2 Å². The Balaban J connectivity index is 1.71. The van der Waals surface area contributed by atoms with E-state index in [1.54, 1.807) is 36.4 Å². The molecule has 5 nitrogen and oxygen atoms in total. The van der Waals surface area contributed by atoms with Crippen LogP contribution in [0.15, 0.2) is 89.5 Å². The fraction of sp³-hybridized carbons (Fsp3) is 0.115. The second kappa shape index (κ2) is 9.95. The molecule has 0 spiro atoms. The van der Waals surface area contributed by atoms with Crippen LogP contribution in [0.5, 0.6) is 0 Å². The van der Waals surface area contributed by atoms with Crippen LogP contribution in [0.1, 0.15) is 11.1 Å². The maximum Gasteiger partial charge on any atom is 0.269 e. The number of rotatable bonds is 5. The Bertz CT molecular complexity index is 1270. The lowest BCUT2D eigenvalue weighted by Gasteiger charge is -2.18. The molecule has 1 aliphatic heterocycles. The number of nitriles is 1. The zero-order valence-electron chi connectivity index (χ0n) is 17.8. The van der Waals surface area contributed by atoms with Crippen LogP contribution in [-0.4, -0.2) is 17.1 Å². The molecule has 1 saturated heterocycles. The zero-order valence-corrected chi connectivity index (χ0v) is 19.4. The number of nitrogens with zero attached hydrogens (tertiary/aromatic N) is 2. The minimum absolute atomic E-state index is 0.106. The Morgan fingerprint density at radius 2 is 1.76 bits per heavy atom. The van der Waals surface area contributed by atoms with Crippen LogP contribution >= 0.6 is 23.4 Å². The first kappa shape index (κ1) is 22.7. The van der Waals surface area contributed by atoms with Gasteiger partial charge in [-0.2, -0.15) is 5.26 Å². The van der Waals surface area contributed by atoms with Gasteiger partial charge in [-0.05, 0) is 54.8 Å². The molecule has 4 rings (SSSR count). The van der Waals surface area contributed by atoms with E-state index in [-0.39, 0.29) is 11.5 Å². The first-order chi connectivity index (χ1) is 16.0. The molecule has 0 bridgehead atoms. The Morgan fingerprint density at radius 1 is 1.09 bits per heavy atom. The van der Waals surface area contributed by atoms with Gasteiger partial charge >= 0.3 is 0 Å². The standard InChI is InChI=1S/C26H20ClN3O2S/c1-17-12-13-18(14-22(17)27)15-23-25(32)30(20-10-6-3-7-11-20)26(33-23)21(16-28)24(31)29-19-8-4-2-5-9-19/h2-14,23H,15H2,1H3,(H,29,31)/b26-21-/t23-/m1/s1. The fourth-order valence-corrected chi connectivity index (χ4v) is 5.00. The second-order valence-corrected chi connectivity index (χ2v) is 9.11. The van der Waals surface area contributed by atoms with Crippen molar-refractivity contribution in [3.63, 3.8) is 0 Å². The van der Waals surface area contributed by atoms with E-state index < -0.39 is 11.2 Å². The van der Waals surface area contributed by atoms with E-state index in [2.05, 4.69) is 5.32 Å². The first-order valence-corrected chi connectivity index (χ1v) is 11.5. The van der Waals surface area contributed by atoms with Crippen molar-refractivity contribution in [2.75, 3.05) is 10.2 Å². The molecule has 1 atom stereocenters. The van der Waals surface area contributed by atoms with Gasteiger partial charge in [0.05, 0.1) is 5.25 Å². The highest BCUT2D eigenvalue weighted by molar-refractivity contribution is 8.05. The van der Waals surface area contributed by atoms with Crippen LogP contribution in [0.4, 0.5) is 11.4 Å². The van der Waals surface area contributed by atoms with Crippen molar-refractivity contribution in [3.8, 4) is 6.07 Å². The highest BCUT2D eigenvalue weighted by Gasteiger charge is 2.40. The van der Waals surface area contributed by atoms with Gasteiger partial charge in [0.15, 0.2) is 0 Å². The van der Waals surface area contributed by atoms with Crippen LogP contribution in [0.2, 0.25) is 5.02 Å². The fourth-order valence-electron chi connectivity index (χ4n) is 3.49. The predicted octanol–water partition coefficient (Wildman–Crippen LogP) is 5.71. The molecule has 0 aliphatic carbocycles. The van der Waals surface area contributed by atoms with Crippen molar-refractivity contribution >= 4 is 46.6 Å². The molecule has 1 N–H and O–H groups in total. The largest absolute Gasteiger partial charge is 0.321 e. The number of carbonyl (C=O) groups is 2. The average Bonchev–Trinajstić information content (AvgIpc) is 3.13. The van der Waals surface area contributed by atoms with E-state index >= 15 is 0 Å². The molecule has 7 heteroatoms. The maximum atomic E-state index is 13.5. The number of carbonyl (C=O) groups excluding carboxylic acids is 2. The summed E-state index contributed by atoms with van der Waals surface area (Å²) < 4.78 is 0. The van der Waals surface area contributed by atoms with Crippen LogP contribution in [-0.2, 0) is 16.0 Å². The molecule has 0 radical (unpaired) electrons. The van der Waals surface area contributed by atoms with Crippen LogP contribution in [0.3, 0.4) is 0 Å². The minimum atomic E-state index is -0.557. The summed E-state index contributed by atoms with van der Waals surface area (Å²) in [6.07, 6.45) is 0.426. The molecule has 1 aliphatic rings. The van der Waals surface area contributed by atoms with Gasteiger partial charge in [-0.25, -0.2) is 0 Å². The van der Waals surface area contributed by atoms with Crippen molar-refractivity contribution in [1.29, 1.82) is 5.26 Å². The molecule has 1 fully saturated rings. The number of anilines is 2. The summed E-state index contributed by atoms with van der Waals surface area (Å²) in [4.78, 5) is 27.9. The molecular formula is C26H20ClN3O2S. The molecule has 2 amide bonds. The lowest BCUT2D eigenvalue weighted by atomic mass is 10.1. The average molecular weight is 474 g/mol. The molecule has 3 aromatic carbocycles. The number of thioether (sulfide) groups is 1. The summed E-state index contributed by atoms with van der Waals surface area (Å²) in [5, 5.41) is 13.1. The van der Waals surface area contributed by atoms with Gasteiger partial charge in [0.25, 0.3) is 5.91 Å². The maximum absolute atomic E-state index is 13.5. The quantitative estimate of drug-likeness (QED) is 0.380. The first-order valence-electron chi connectivity index (χ1n) is 10.3. The number of aryl methyl sites for hydroxylation is 1. The van der Waals surface area contributed by atoms with E-state index in [4.69, 9.17) is 11.6 Å². The molecule has 164 valence electrons. The minimum Gasteiger partial charge on any atom is -0.321 e. The molecule has 0 aromatic heterocycles. The number of para-hydroxylation sites is 2. The van der Waals surface area contributed by atoms with Gasteiger partial charge in [-0.1, -0.05) is 71.9 Å². The van der Waals surface area contributed by atoms with E-state index in [1.165, 1.54) is 16.7 Å². The van der Waals surface area contributed by atoms with E-state index in [9.17, 15) is 14.9 Å².